The molecule has 2 rings (SSSR count). The van der Waals surface area contributed by atoms with Crippen LogP contribution in [0, 0.1) is 0 Å². The third-order valence-corrected chi connectivity index (χ3v) is 3.82. The standard InChI is InChI=1S/C19H24N2O/c1-20-14-12-17-10-6-7-11-18(17)19(22)21(2)15-13-16-8-4-3-5-9-16/h3-11,20H,12-15H2,1-2H3. The van der Waals surface area contributed by atoms with Crippen molar-refractivity contribution in [2.75, 3.05) is 27.2 Å². The number of nitrogens with zero attached hydrogens (tertiary/aromatic N) is 1. The van der Waals surface area contributed by atoms with Crippen LogP contribution in [-0.4, -0.2) is 38.0 Å². The van der Waals surface area contributed by atoms with Gasteiger partial charge in [-0.25, -0.2) is 0 Å². The first-order valence-electron chi connectivity index (χ1n) is 7.74. The van der Waals surface area contributed by atoms with Crippen LogP contribution >= 0.6 is 0 Å². The molecule has 22 heavy (non-hydrogen) atoms. The molecule has 0 aliphatic rings. The highest BCUT2D eigenvalue weighted by Crippen LogP contribution is 2.12. The zero-order valence-electron chi connectivity index (χ0n) is 13.4. The van der Waals surface area contributed by atoms with Gasteiger partial charge in [0.1, 0.15) is 0 Å². The van der Waals surface area contributed by atoms with Gasteiger partial charge >= 0.3 is 0 Å². The molecule has 3 heteroatoms. The van der Waals surface area contributed by atoms with Gasteiger partial charge in [0, 0.05) is 19.2 Å². The van der Waals surface area contributed by atoms with Crippen LogP contribution in [0.3, 0.4) is 0 Å². The smallest absolute Gasteiger partial charge is 0.253 e. The number of likely N-dealkylation sites (N-methyl/N-ethyl adjacent to an activating group) is 2. The fraction of sp³-hybridized carbons (Fsp3) is 0.316. The molecule has 0 unspecified atom stereocenters. The van der Waals surface area contributed by atoms with Gasteiger partial charge in [-0.05, 0) is 43.6 Å². The minimum Gasteiger partial charge on any atom is -0.341 e. The fourth-order valence-electron chi connectivity index (χ4n) is 2.46. The highest BCUT2D eigenvalue weighted by atomic mass is 16.2. The molecule has 0 aromatic heterocycles. The van der Waals surface area contributed by atoms with Crippen LogP contribution in [-0.2, 0) is 12.8 Å². The van der Waals surface area contributed by atoms with Crippen molar-refractivity contribution >= 4 is 5.91 Å². The van der Waals surface area contributed by atoms with Crippen molar-refractivity contribution in [2.24, 2.45) is 0 Å². The maximum atomic E-state index is 12.7. The van der Waals surface area contributed by atoms with Crippen LogP contribution in [0.5, 0.6) is 0 Å². The summed E-state index contributed by atoms with van der Waals surface area (Å²) in [5.74, 6) is 0.0997. The van der Waals surface area contributed by atoms with Crippen molar-refractivity contribution in [3.63, 3.8) is 0 Å². The molecule has 0 spiro atoms. The van der Waals surface area contributed by atoms with Crippen molar-refractivity contribution in [1.29, 1.82) is 0 Å². The Labute approximate surface area is 133 Å². The first-order chi connectivity index (χ1) is 10.7. The van der Waals surface area contributed by atoms with Gasteiger partial charge in [0.05, 0.1) is 0 Å². The van der Waals surface area contributed by atoms with Crippen LogP contribution in [0.1, 0.15) is 21.5 Å². The van der Waals surface area contributed by atoms with Crippen molar-refractivity contribution in [3.8, 4) is 0 Å². The van der Waals surface area contributed by atoms with E-state index in [-0.39, 0.29) is 5.91 Å². The molecule has 0 atom stereocenters. The quantitative estimate of drug-likeness (QED) is 0.852. The molecule has 0 saturated carbocycles. The maximum absolute atomic E-state index is 12.7. The van der Waals surface area contributed by atoms with Crippen molar-refractivity contribution < 1.29 is 4.79 Å². The van der Waals surface area contributed by atoms with E-state index in [9.17, 15) is 4.79 Å². The molecule has 0 aliphatic carbocycles. The number of carbonyl (C=O) groups excluding carboxylic acids is 1. The van der Waals surface area contributed by atoms with E-state index in [0.717, 1.165) is 37.1 Å². The summed E-state index contributed by atoms with van der Waals surface area (Å²) in [5.41, 5.74) is 3.17. The summed E-state index contributed by atoms with van der Waals surface area (Å²) in [6, 6.07) is 18.2. The Balaban J connectivity index is 2.01. The molecule has 0 radical (unpaired) electrons. The van der Waals surface area contributed by atoms with Gasteiger partial charge < -0.3 is 10.2 Å². The number of rotatable bonds is 7. The lowest BCUT2D eigenvalue weighted by atomic mass is 10.0. The second-order valence-electron chi connectivity index (χ2n) is 5.47. The molecule has 0 saturated heterocycles. The summed E-state index contributed by atoms with van der Waals surface area (Å²) in [4.78, 5) is 14.5. The molecule has 116 valence electrons. The van der Waals surface area contributed by atoms with Crippen molar-refractivity contribution in [2.45, 2.75) is 12.8 Å². The van der Waals surface area contributed by atoms with Crippen LogP contribution in [0.25, 0.3) is 0 Å². The average Bonchev–Trinajstić information content (AvgIpc) is 2.58. The topological polar surface area (TPSA) is 32.3 Å². The number of amides is 1. The molecular formula is C19H24N2O. The highest BCUT2D eigenvalue weighted by Gasteiger charge is 2.14. The second kappa shape index (κ2) is 8.35. The van der Waals surface area contributed by atoms with Crippen LogP contribution in [0.4, 0.5) is 0 Å². The van der Waals surface area contributed by atoms with E-state index in [4.69, 9.17) is 0 Å². The van der Waals surface area contributed by atoms with Crippen LogP contribution in [0.2, 0.25) is 0 Å². The Morgan fingerprint density at radius 1 is 1.00 bits per heavy atom. The van der Waals surface area contributed by atoms with E-state index in [1.807, 2.05) is 61.5 Å². The Morgan fingerprint density at radius 2 is 1.68 bits per heavy atom. The van der Waals surface area contributed by atoms with E-state index in [1.54, 1.807) is 0 Å². The zero-order chi connectivity index (χ0) is 15.8. The molecule has 2 aromatic carbocycles. The molecule has 0 fully saturated rings. The lowest BCUT2D eigenvalue weighted by Crippen LogP contribution is -2.30. The zero-order valence-corrected chi connectivity index (χ0v) is 13.4. The van der Waals surface area contributed by atoms with E-state index >= 15 is 0 Å². The predicted octanol–water partition coefficient (Wildman–Crippen LogP) is 2.76. The van der Waals surface area contributed by atoms with E-state index in [2.05, 4.69) is 17.4 Å². The Morgan fingerprint density at radius 3 is 2.41 bits per heavy atom. The fourth-order valence-corrected chi connectivity index (χ4v) is 2.46. The normalized spacial score (nSPS) is 10.5. The van der Waals surface area contributed by atoms with Crippen LogP contribution < -0.4 is 5.32 Å². The number of carbonyl (C=O) groups is 1. The second-order valence-corrected chi connectivity index (χ2v) is 5.47. The maximum Gasteiger partial charge on any atom is 0.253 e. The van der Waals surface area contributed by atoms with E-state index in [1.165, 1.54) is 5.56 Å². The molecule has 2 aromatic rings. The van der Waals surface area contributed by atoms with Gasteiger partial charge in [0.25, 0.3) is 5.91 Å². The van der Waals surface area contributed by atoms with Gasteiger partial charge in [0.2, 0.25) is 0 Å². The molecule has 1 N–H and O–H groups in total. The summed E-state index contributed by atoms with van der Waals surface area (Å²) in [6.45, 7) is 1.60. The van der Waals surface area contributed by atoms with Gasteiger partial charge in [-0.2, -0.15) is 0 Å². The third-order valence-electron chi connectivity index (χ3n) is 3.82. The third kappa shape index (κ3) is 4.43. The SMILES string of the molecule is CNCCc1ccccc1C(=O)N(C)CCc1ccccc1. The van der Waals surface area contributed by atoms with Gasteiger partial charge in [-0.1, -0.05) is 48.5 Å². The molecule has 0 aliphatic heterocycles. The molecule has 1 amide bonds. The van der Waals surface area contributed by atoms with Crippen LogP contribution in [0.15, 0.2) is 54.6 Å². The lowest BCUT2D eigenvalue weighted by Gasteiger charge is -2.19. The highest BCUT2D eigenvalue weighted by molar-refractivity contribution is 5.95. The summed E-state index contributed by atoms with van der Waals surface area (Å²) in [7, 11) is 3.80. The summed E-state index contributed by atoms with van der Waals surface area (Å²) in [6.07, 6.45) is 1.74. The minimum atomic E-state index is 0.0997. The first-order valence-corrected chi connectivity index (χ1v) is 7.74. The van der Waals surface area contributed by atoms with Crippen molar-refractivity contribution in [1.82, 2.24) is 10.2 Å². The molecule has 0 heterocycles. The molecule has 0 bridgehead atoms. The summed E-state index contributed by atoms with van der Waals surface area (Å²) < 4.78 is 0. The minimum absolute atomic E-state index is 0.0997. The van der Waals surface area contributed by atoms with Gasteiger partial charge in [-0.3, -0.25) is 4.79 Å². The number of benzene rings is 2. The van der Waals surface area contributed by atoms with E-state index < -0.39 is 0 Å². The van der Waals surface area contributed by atoms with E-state index in [0.29, 0.717) is 0 Å². The number of nitrogens with one attached hydrogen (secondary N) is 1. The Kier molecular flexibility index (Phi) is 6.16. The lowest BCUT2D eigenvalue weighted by molar-refractivity contribution is 0.0795. The monoisotopic (exact) mass is 296 g/mol. The average molecular weight is 296 g/mol. The summed E-state index contributed by atoms with van der Waals surface area (Å²) >= 11 is 0. The number of hydrogen-bond acceptors (Lipinski definition) is 2. The Hall–Kier alpha value is -2.13. The predicted molar refractivity (Wildman–Crippen MR) is 91.2 cm³/mol. The molecular weight excluding hydrogens is 272 g/mol. The van der Waals surface area contributed by atoms with Crippen molar-refractivity contribution in [3.05, 3.63) is 71.3 Å². The first kappa shape index (κ1) is 16.2. The van der Waals surface area contributed by atoms with Gasteiger partial charge in [0.15, 0.2) is 0 Å². The number of hydrogen-bond donors (Lipinski definition) is 1. The Bertz CT molecular complexity index is 595. The molecule has 3 nitrogen and oxygen atoms in total. The largest absolute Gasteiger partial charge is 0.341 e. The van der Waals surface area contributed by atoms with Gasteiger partial charge in [-0.15, -0.1) is 0 Å². The summed E-state index contributed by atoms with van der Waals surface area (Å²) in [5, 5.41) is 3.13.